The molecule has 0 bridgehead atoms. The van der Waals surface area contributed by atoms with Crippen LogP contribution in [0.4, 0.5) is 0 Å². The SMILES string of the molecule is COC(=O)[C@H](CCCCN)NOCc1ccccc1.[C]. The summed E-state index contributed by atoms with van der Waals surface area (Å²) in [7, 11) is 1.37. The van der Waals surface area contributed by atoms with Crippen LogP contribution < -0.4 is 11.2 Å². The van der Waals surface area contributed by atoms with E-state index >= 15 is 0 Å². The summed E-state index contributed by atoms with van der Waals surface area (Å²) in [6, 6.07) is 9.31. The fraction of sp³-hybridized carbons (Fsp3) is 0.467. The summed E-state index contributed by atoms with van der Waals surface area (Å²) in [4.78, 5) is 16.9. The number of benzene rings is 1. The van der Waals surface area contributed by atoms with Crippen molar-refractivity contribution in [1.29, 1.82) is 0 Å². The number of carbonyl (C=O) groups is 1. The van der Waals surface area contributed by atoms with Crippen molar-refractivity contribution in [1.82, 2.24) is 5.48 Å². The van der Waals surface area contributed by atoms with Gasteiger partial charge in [-0.2, -0.15) is 5.48 Å². The van der Waals surface area contributed by atoms with Gasteiger partial charge in [-0.3, -0.25) is 9.63 Å². The van der Waals surface area contributed by atoms with Crippen molar-refractivity contribution in [2.75, 3.05) is 13.7 Å². The molecular weight excluding hydrogens is 256 g/mol. The van der Waals surface area contributed by atoms with Gasteiger partial charge in [0.2, 0.25) is 0 Å². The number of nitrogens with one attached hydrogen (secondary N) is 1. The molecule has 0 spiro atoms. The van der Waals surface area contributed by atoms with Crippen molar-refractivity contribution in [2.24, 2.45) is 5.73 Å². The number of methoxy groups -OCH3 is 1. The van der Waals surface area contributed by atoms with Gasteiger partial charge in [-0.1, -0.05) is 30.3 Å². The van der Waals surface area contributed by atoms with Crippen molar-refractivity contribution >= 4 is 5.97 Å². The van der Waals surface area contributed by atoms with Crippen LogP contribution in [0.5, 0.6) is 0 Å². The van der Waals surface area contributed by atoms with Crippen molar-refractivity contribution < 1.29 is 14.4 Å². The monoisotopic (exact) mass is 278 g/mol. The lowest BCUT2D eigenvalue weighted by atomic mass is 10.1. The number of carbonyl (C=O) groups excluding carboxylic acids is 1. The highest BCUT2D eigenvalue weighted by Gasteiger charge is 2.18. The van der Waals surface area contributed by atoms with Crippen molar-refractivity contribution in [2.45, 2.75) is 31.9 Å². The Balaban J connectivity index is 0.00000361. The summed E-state index contributed by atoms with van der Waals surface area (Å²) in [5.41, 5.74) is 9.24. The van der Waals surface area contributed by atoms with Crippen LogP contribution in [0.3, 0.4) is 0 Å². The summed E-state index contributed by atoms with van der Waals surface area (Å²) < 4.78 is 4.73. The highest BCUT2D eigenvalue weighted by molar-refractivity contribution is 5.75. The number of hydrogen-bond donors (Lipinski definition) is 2. The van der Waals surface area contributed by atoms with E-state index in [0.29, 0.717) is 19.6 Å². The lowest BCUT2D eigenvalue weighted by Gasteiger charge is -2.16. The molecule has 0 heterocycles. The molecule has 4 radical (unpaired) electrons. The maximum absolute atomic E-state index is 11.6. The van der Waals surface area contributed by atoms with E-state index < -0.39 is 6.04 Å². The van der Waals surface area contributed by atoms with Crippen molar-refractivity contribution in [3.8, 4) is 0 Å². The first-order chi connectivity index (χ1) is 9.27. The highest BCUT2D eigenvalue weighted by Crippen LogP contribution is 2.04. The molecule has 0 saturated carbocycles. The fourth-order valence-electron chi connectivity index (χ4n) is 1.66. The lowest BCUT2D eigenvalue weighted by Crippen LogP contribution is -2.37. The Morgan fingerprint density at radius 1 is 1.30 bits per heavy atom. The summed E-state index contributed by atoms with van der Waals surface area (Å²) in [5.74, 6) is -0.315. The van der Waals surface area contributed by atoms with Crippen LogP contribution in [0.25, 0.3) is 0 Å². The molecule has 0 saturated heterocycles. The van der Waals surface area contributed by atoms with Gasteiger partial charge in [0.05, 0.1) is 13.7 Å². The Hall–Kier alpha value is -1.43. The molecule has 20 heavy (non-hydrogen) atoms. The third-order valence-electron chi connectivity index (χ3n) is 2.74. The van der Waals surface area contributed by atoms with E-state index in [0.717, 1.165) is 18.4 Å². The molecule has 0 fully saturated rings. The van der Waals surface area contributed by atoms with E-state index in [2.05, 4.69) is 5.48 Å². The number of rotatable bonds is 9. The standard InChI is InChI=1S/C14H22N2O3.C/c1-18-14(17)13(9-5-6-10-15)16-19-11-12-7-3-2-4-8-12;/h2-4,7-8,13,16H,5-6,9-11,15H2,1H3;/t13-;/m0./s1. The van der Waals surface area contributed by atoms with Crippen LogP contribution in [0.1, 0.15) is 24.8 Å². The number of ether oxygens (including phenoxy) is 1. The van der Waals surface area contributed by atoms with Gasteiger partial charge >= 0.3 is 5.97 Å². The molecule has 0 aromatic heterocycles. The first-order valence-corrected chi connectivity index (χ1v) is 6.47. The van der Waals surface area contributed by atoms with E-state index in [4.69, 9.17) is 15.3 Å². The molecular formula is C15H22N2O3. The lowest BCUT2D eigenvalue weighted by molar-refractivity contribution is -0.148. The molecule has 5 nitrogen and oxygen atoms in total. The number of nitrogens with two attached hydrogens (primary N) is 1. The van der Waals surface area contributed by atoms with Gasteiger partial charge in [0, 0.05) is 7.43 Å². The second-order valence-corrected chi connectivity index (χ2v) is 4.25. The second-order valence-electron chi connectivity index (χ2n) is 4.25. The van der Waals surface area contributed by atoms with Crippen molar-refractivity contribution in [3.05, 3.63) is 43.3 Å². The number of esters is 1. The van der Waals surface area contributed by atoms with Gasteiger partial charge in [0.25, 0.3) is 0 Å². The normalized spacial score (nSPS) is 11.5. The van der Waals surface area contributed by atoms with Crippen LogP contribution in [0.15, 0.2) is 30.3 Å². The predicted molar refractivity (Wildman–Crippen MR) is 76.3 cm³/mol. The van der Waals surface area contributed by atoms with Crippen LogP contribution in [0, 0.1) is 7.43 Å². The third-order valence-corrected chi connectivity index (χ3v) is 2.74. The third kappa shape index (κ3) is 7.23. The zero-order valence-electron chi connectivity index (χ0n) is 11.8. The van der Waals surface area contributed by atoms with E-state index in [1.807, 2.05) is 30.3 Å². The molecule has 1 aromatic carbocycles. The first-order valence-electron chi connectivity index (χ1n) is 6.47. The molecule has 3 N–H and O–H groups in total. The summed E-state index contributed by atoms with van der Waals surface area (Å²) in [6.07, 6.45) is 2.39. The topological polar surface area (TPSA) is 73.6 Å². The van der Waals surface area contributed by atoms with Crippen LogP contribution in [-0.4, -0.2) is 25.7 Å². The van der Waals surface area contributed by atoms with Crippen molar-refractivity contribution in [3.63, 3.8) is 0 Å². The maximum atomic E-state index is 11.6. The van der Waals surface area contributed by atoms with Crippen LogP contribution in [0.2, 0.25) is 0 Å². The maximum Gasteiger partial charge on any atom is 0.325 e. The van der Waals surface area contributed by atoms with E-state index in [-0.39, 0.29) is 13.4 Å². The minimum absolute atomic E-state index is 0. The molecule has 1 aromatic rings. The molecule has 0 unspecified atom stereocenters. The van der Waals surface area contributed by atoms with Gasteiger partial charge in [-0.05, 0) is 31.4 Å². The predicted octanol–water partition coefficient (Wildman–Crippen LogP) is 1.46. The molecule has 0 aliphatic rings. The zero-order chi connectivity index (χ0) is 13.9. The minimum atomic E-state index is -0.444. The number of unbranched alkanes of at least 4 members (excludes halogenated alkanes) is 1. The molecule has 0 amide bonds. The average Bonchev–Trinajstić information content (AvgIpc) is 2.46. The van der Waals surface area contributed by atoms with Gasteiger partial charge < -0.3 is 10.5 Å². The Morgan fingerprint density at radius 3 is 2.60 bits per heavy atom. The Labute approximate surface area is 121 Å². The molecule has 0 aliphatic heterocycles. The smallest absolute Gasteiger partial charge is 0.325 e. The molecule has 1 atom stereocenters. The molecule has 110 valence electrons. The Kier molecular flexibility index (Phi) is 10.6. The van der Waals surface area contributed by atoms with Gasteiger partial charge in [-0.15, -0.1) is 0 Å². The van der Waals surface area contributed by atoms with E-state index in [1.165, 1.54) is 7.11 Å². The highest BCUT2D eigenvalue weighted by atomic mass is 16.6. The van der Waals surface area contributed by atoms with Gasteiger partial charge in [0.1, 0.15) is 6.04 Å². The number of hydrogen-bond acceptors (Lipinski definition) is 5. The minimum Gasteiger partial charge on any atom is -0.468 e. The summed E-state index contributed by atoms with van der Waals surface area (Å²) in [6.45, 7) is 1.03. The van der Waals surface area contributed by atoms with Gasteiger partial charge in [0.15, 0.2) is 0 Å². The second kappa shape index (κ2) is 11.4. The Morgan fingerprint density at radius 2 is 2.00 bits per heavy atom. The number of hydroxylamine groups is 1. The molecule has 0 aliphatic carbocycles. The quantitative estimate of drug-likeness (QED) is 0.406. The van der Waals surface area contributed by atoms with E-state index in [1.54, 1.807) is 0 Å². The summed E-state index contributed by atoms with van der Waals surface area (Å²) >= 11 is 0. The first kappa shape index (κ1) is 18.6. The summed E-state index contributed by atoms with van der Waals surface area (Å²) in [5, 5.41) is 0. The molecule has 5 heteroatoms. The van der Waals surface area contributed by atoms with Crippen LogP contribution in [-0.2, 0) is 21.0 Å². The largest absolute Gasteiger partial charge is 0.468 e. The average molecular weight is 278 g/mol. The fourth-order valence-corrected chi connectivity index (χ4v) is 1.66. The zero-order valence-corrected chi connectivity index (χ0v) is 11.8. The van der Waals surface area contributed by atoms with Gasteiger partial charge in [-0.25, -0.2) is 0 Å². The molecule has 1 rings (SSSR count). The Bertz CT molecular complexity index is 357. The van der Waals surface area contributed by atoms with Crippen LogP contribution >= 0.6 is 0 Å². The van der Waals surface area contributed by atoms with E-state index in [9.17, 15) is 4.79 Å².